The molecule has 1 aromatic heterocycles. The molecular weight excluding hydrogens is 190 g/mol. The summed E-state index contributed by atoms with van der Waals surface area (Å²) in [6.07, 6.45) is 2.78. The molecule has 1 aromatic carbocycles. The molecule has 0 radical (unpaired) electrons. The molecule has 76 valence electrons. The molecule has 2 aromatic rings. The molecule has 0 aliphatic heterocycles. The van der Waals surface area contributed by atoms with Crippen LogP contribution in [-0.4, -0.2) is 20.7 Å². The van der Waals surface area contributed by atoms with Crippen LogP contribution >= 0.6 is 0 Å². The third-order valence-electron chi connectivity index (χ3n) is 2.31. The third-order valence-corrected chi connectivity index (χ3v) is 2.31. The molecule has 1 unspecified atom stereocenters. The summed E-state index contributed by atoms with van der Waals surface area (Å²) < 4.78 is 1.26. The highest BCUT2D eigenvalue weighted by Gasteiger charge is 2.16. The largest absolute Gasteiger partial charge is 0.272 e. The van der Waals surface area contributed by atoms with Crippen molar-refractivity contribution in [3.05, 3.63) is 48.5 Å². The Hall–Kier alpha value is -1.97. The number of benzene rings is 1. The van der Waals surface area contributed by atoms with Crippen molar-refractivity contribution in [3.63, 3.8) is 0 Å². The van der Waals surface area contributed by atoms with Crippen LogP contribution in [0.15, 0.2) is 43.0 Å². The zero-order valence-corrected chi connectivity index (χ0v) is 8.37. The van der Waals surface area contributed by atoms with E-state index in [1.807, 2.05) is 37.3 Å². The van der Waals surface area contributed by atoms with E-state index in [0.717, 1.165) is 5.56 Å². The molecule has 0 spiro atoms. The molecule has 0 aliphatic carbocycles. The topological polar surface area (TPSA) is 47.8 Å². The minimum absolute atomic E-state index is 0.0706. The van der Waals surface area contributed by atoms with Crippen LogP contribution in [0, 0.1) is 0 Å². The first-order chi connectivity index (χ1) is 7.29. The number of aromatic nitrogens is 3. The summed E-state index contributed by atoms with van der Waals surface area (Å²) in [5.74, 6) is -0.272. The second-order valence-corrected chi connectivity index (χ2v) is 3.31. The van der Waals surface area contributed by atoms with Crippen LogP contribution in [0.5, 0.6) is 0 Å². The molecular formula is C11H11N3O. The molecule has 1 atom stereocenters. The van der Waals surface area contributed by atoms with Gasteiger partial charge in [0.15, 0.2) is 0 Å². The summed E-state index contributed by atoms with van der Waals surface area (Å²) in [4.78, 5) is 15.6. The van der Waals surface area contributed by atoms with Gasteiger partial charge in [0.2, 0.25) is 0 Å². The number of carbonyl (C=O) groups excluding carboxylic acids is 1. The van der Waals surface area contributed by atoms with Crippen molar-refractivity contribution in [1.82, 2.24) is 14.8 Å². The summed E-state index contributed by atoms with van der Waals surface area (Å²) in [6.45, 7) is 1.86. The number of hydrogen-bond acceptors (Lipinski definition) is 3. The van der Waals surface area contributed by atoms with Crippen LogP contribution in [0.4, 0.5) is 0 Å². The molecule has 0 bridgehead atoms. The summed E-state index contributed by atoms with van der Waals surface area (Å²) >= 11 is 0. The minimum atomic E-state index is -0.201. The number of rotatable bonds is 2. The van der Waals surface area contributed by atoms with Crippen molar-refractivity contribution in [3.8, 4) is 0 Å². The smallest absolute Gasteiger partial charge is 0.255 e. The van der Waals surface area contributed by atoms with Gasteiger partial charge in [-0.3, -0.25) is 4.79 Å². The van der Waals surface area contributed by atoms with Gasteiger partial charge in [-0.15, -0.1) is 0 Å². The molecule has 2 rings (SSSR count). The standard InChI is InChI=1S/C11H11N3O/c1-9(10-5-3-2-4-6-10)11(15)14-8-12-7-13-14/h2-9H,1H3. The van der Waals surface area contributed by atoms with Crippen molar-refractivity contribution in [1.29, 1.82) is 0 Å². The van der Waals surface area contributed by atoms with Gasteiger partial charge in [-0.25, -0.2) is 4.98 Å². The van der Waals surface area contributed by atoms with Gasteiger partial charge in [0.25, 0.3) is 5.91 Å². The maximum absolute atomic E-state index is 11.9. The van der Waals surface area contributed by atoms with E-state index in [1.165, 1.54) is 17.3 Å². The predicted molar refractivity (Wildman–Crippen MR) is 55.5 cm³/mol. The van der Waals surface area contributed by atoms with Crippen LogP contribution in [0.3, 0.4) is 0 Å². The van der Waals surface area contributed by atoms with Crippen LogP contribution < -0.4 is 0 Å². The fraction of sp³-hybridized carbons (Fsp3) is 0.182. The second-order valence-electron chi connectivity index (χ2n) is 3.31. The Morgan fingerprint density at radius 1 is 1.33 bits per heavy atom. The summed E-state index contributed by atoms with van der Waals surface area (Å²) in [5, 5.41) is 3.82. The molecule has 4 nitrogen and oxygen atoms in total. The average Bonchev–Trinajstić information content (AvgIpc) is 2.82. The molecule has 0 saturated carbocycles. The monoisotopic (exact) mass is 201 g/mol. The minimum Gasteiger partial charge on any atom is -0.272 e. The van der Waals surface area contributed by atoms with Crippen molar-refractivity contribution >= 4 is 5.91 Å². The van der Waals surface area contributed by atoms with Gasteiger partial charge >= 0.3 is 0 Å². The quantitative estimate of drug-likeness (QED) is 0.743. The Morgan fingerprint density at radius 3 is 2.67 bits per heavy atom. The number of nitrogens with zero attached hydrogens (tertiary/aromatic N) is 3. The van der Waals surface area contributed by atoms with Gasteiger partial charge in [0.05, 0.1) is 5.92 Å². The highest BCUT2D eigenvalue weighted by atomic mass is 16.2. The maximum Gasteiger partial charge on any atom is 0.255 e. The molecule has 0 N–H and O–H groups in total. The van der Waals surface area contributed by atoms with E-state index in [2.05, 4.69) is 10.1 Å². The van der Waals surface area contributed by atoms with Gasteiger partial charge in [-0.1, -0.05) is 30.3 Å². The third kappa shape index (κ3) is 1.93. The van der Waals surface area contributed by atoms with Crippen LogP contribution in [0.1, 0.15) is 23.2 Å². The molecule has 0 aliphatic rings. The van der Waals surface area contributed by atoms with E-state index in [0.29, 0.717) is 0 Å². The molecule has 0 saturated heterocycles. The van der Waals surface area contributed by atoms with Gasteiger partial charge < -0.3 is 0 Å². The maximum atomic E-state index is 11.9. The van der Waals surface area contributed by atoms with Crippen LogP contribution in [0.2, 0.25) is 0 Å². The molecule has 1 heterocycles. The van der Waals surface area contributed by atoms with Crippen molar-refractivity contribution in [2.24, 2.45) is 0 Å². The first-order valence-electron chi connectivity index (χ1n) is 4.73. The van der Waals surface area contributed by atoms with E-state index in [9.17, 15) is 4.79 Å². The molecule has 15 heavy (non-hydrogen) atoms. The first-order valence-corrected chi connectivity index (χ1v) is 4.73. The van der Waals surface area contributed by atoms with E-state index < -0.39 is 0 Å². The number of hydrogen-bond donors (Lipinski definition) is 0. The van der Waals surface area contributed by atoms with E-state index in [-0.39, 0.29) is 11.8 Å². The molecule has 4 heteroatoms. The SMILES string of the molecule is CC(C(=O)n1cncn1)c1ccccc1. The first kappa shape index (κ1) is 9.58. The Balaban J connectivity index is 2.23. The van der Waals surface area contributed by atoms with Crippen molar-refractivity contribution in [2.75, 3.05) is 0 Å². The van der Waals surface area contributed by atoms with E-state index in [4.69, 9.17) is 0 Å². The Kier molecular flexibility index (Phi) is 2.58. The van der Waals surface area contributed by atoms with Gasteiger partial charge in [-0.05, 0) is 12.5 Å². The number of carbonyl (C=O) groups is 1. The zero-order valence-electron chi connectivity index (χ0n) is 8.37. The van der Waals surface area contributed by atoms with Gasteiger partial charge in [0, 0.05) is 0 Å². The fourth-order valence-electron chi connectivity index (χ4n) is 1.40. The van der Waals surface area contributed by atoms with E-state index >= 15 is 0 Å². The normalized spacial score (nSPS) is 12.3. The van der Waals surface area contributed by atoms with Crippen molar-refractivity contribution in [2.45, 2.75) is 12.8 Å². The van der Waals surface area contributed by atoms with Gasteiger partial charge in [-0.2, -0.15) is 9.78 Å². The lowest BCUT2D eigenvalue weighted by atomic mass is 10.0. The zero-order chi connectivity index (χ0) is 10.7. The Morgan fingerprint density at radius 2 is 2.07 bits per heavy atom. The van der Waals surface area contributed by atoms with Crippen molar-refractivity contribution < 1.29 is 4.79 Å². The highest BCUT2D eigenvalue weighted by molar-refractivity contribution is 5.84. The van der Waals surface area contributed by atoms with Crippen LogP contribution in [-0.2, 0) is 0 Å². The Labute approximate surface area is 87.6 Å². The lowest BCUT2D eigenvalue weighted by molar-refractivity contribution is 0.0868. The van der Waals surface area contributed by atoms with Crippen LogP contribution in [0.25, 0.3) is 0 Å². The summed E-state index contributed by atoms with van der Waals surface area (Å²) in [6, 6.07) is 9.62. The molecule has 0 fully saturated rings. The fourth-order valence-corrected chi connectivity index (χ4v) is 1.40. The Bertz CT molecular complexity index is 436. The summed E-state index contributed by atoms with van der Waals surface area (Å²) in [5.41, 5.74) is 0.984. The lowest BCUT2D eigenvalue weighted by Crippen LogP contribution is -2.18. The van der Waals surface area contributed by atoms with E-state index in [1.54, 1.807) is 0 Å². The second kappa shape index (κ2) is 4.04. The average molecular weight is 201 g/mol. The molecule has 0 amide bonds. The lowest BCUT2D eigenvalue weighted by Gasteiger charge is -2.09. The van der Waals surface area contributed by atoms with Gasteiger partial charge in [0.1, 0.15) is 12.7 Å². The predicted octanol–water partition coefficient (Wildman–Crippen LogP) is 1.72. The summed E-state index contributed by atoms with van der Waals surface area (Å²) in [7, 11) is 0. The highest BCUT2D eigenvalue weighted by Crippen LogP contribution is 2.15.